The van der Waals surface area contributed by atoms with E-state index in [2.05, 4.69) is 0 Å². The molecule has 2 aromatic rings. The van der Waals surface area contributed by atoms with Gasteiger partial charge >= 0.3 is 0 Å². The highest BCUT2D eigenvalue weighted by Crippen LogP contribution is 2.38. The van der Waals surface area contributed by atoms with Gasteiger partial charge in [0, 0.05) is 0 Å². The van der Waals surface area contributed by atoms with Crippen LogP contribution < -0.4 is 0 Å². The minimum atomic E-state index is -0.846. The van der Waals surface area contributed by atoms with Gasteiger partial charge < -0.3 is 14.4 Å². The average Bonchev–Trinajstić information content (AvgIpc) is 3.09. The highest BCUT2D eigenvalue weighted by Gasteiger charge is 2.42. The summed E-state index contributed by atoms with van der Waals surface area (Å²) in [6.45, 7) is 1.33. The number of benzene rings is 1. The molecular formula is C17H14FNO4. The van der Waals surface area contributed by atoms with Crippen molar-refractivity contribution in [3.05, 3.63) is 71.1 Å². The van der Waals surface area contributed by atoms with E-state index in [1.165, 1.54) is 36.3 Å². The Kier molecular flexibility index (Phi) is 3.73. The molecule has 0 aliphatic carbocycles. The van der Waals surface area contributed by atoms with E-state index in [0.29, 0.717) is 11.3 Å². The zero-order chi connectivity index (χ0) is 16.6. The van der Waals surface area contributed by atoms with E-state index < -0.39 is 29.3 Å². The summed E-state index contributed by atoms with van der Waals surface area (Å²) in [4.78, 5) is 25.5. The molecule has 1 aliphatic rings. The van der Waals surface area contributed by atoms with Gasteiger partial charge in [-0.25, -0.2) is 4.39 Å². The minimum absolute atomic E-state index is 0.0350. The molecule has 0 saturated heterocycles. The van der Waals surface area contributed by atoms with E-state index in [0.717, 1.165) is 0 Å². The van der Waals surface area contributed by atoms with Crippen molar-refractivity contribution < 1.29 is 23.5 Å². The van der Waals surface area contributed by atoms with E-state index in [1.807, 2.05) is 0 Å². The second-order valence-corrected chi connectivity index (χ2v) is 5.29. The Morgan fingerprint density at radius 2 is 2.13 bits per heavy atom. The summed E-state index contributed by atoms with van der Waals surface area (Å²) in [5.74, 6) is -1.70. The number of aliphatic hydroxyl groups excluding tert-OH is 1. The van der Waals surface area contributed by atoms with E-state index in [9.17, 15) is 19.1 Å². The van der Waals surface area contributed by atoms with Gasteiger partial charge in [-0.3, -0.25) is 9.59 Å². The fourth-order valence-electron chi connectivity index (χ4n) is 2.77. The molecular weight excluding hydrogens is 301 g/mol. The Balaban J connectivity index is 2.07. The molecule has 23 heavy (non-hydrogen) atoms. The maximum atomic E-state index is 13.6. The van der Waals surface area contributed by atoms with Crippen LogP contribution in [0.3, 0.4) is 0 Å². The van der Waals surface area contributed by atoms with Crippen LogP contribution in [0.1, 0.15) is 24.3 Å². The summed E-state index contributed by atoms with van der Waals surface area (Å²) < 4.78 is 18.8. The molecule has 0 saturated carbocycles. The number of hydrogen-bond donors (Lipinski definition) is 1. The van der Waals surface area contributed by atoms with Crippen LogP contribution in [0.4, 0.5) is 4.39 Å². The zero-order valence-corrected chi connectivity index (χ0v) is 12.3. The second kappa shape index (κ2) is 5.72. The topological polar surface area (TPSA) is 70.8 Å². The molecule has 1 aromatic heterocycles. The number of ketones is 1. The number of furan rings is 1. The van der Waals surface area contributed by atoms with Gasteiger partial charge in [0.2, 0.25) is 0 Å². The number of nitrogens with zero attached hydrogens (tertiary/aromatic N) is 1. The molecule has 0 spiro atoms. The van der Waals surface area contributed by atoms with Crippen LogP contribution in [0.2, 0.25) is 0 Å². The highest BCUT2D eigenvalue weighted by molar-refractivity contribution is 6.08. The lowest BCUT2D eigenvalue weighted by atomic mass is 9.96. The van der Waals surface area contributed by atoms with E-state index >= 15 is 0 Å². The first-order valence-corrected chi connectivity index (χ1v) is 7.02. The summed E-state index contributed by atoms with van der Waals surface area (Å²) >= 11 is 0. The molecule has 1 aliphatic heterocycles. The first kappa shape index (κ1) is 15.0. The third-order valence-corrected chi connectivity index (χ3v) is 3.75. The average molecular weight is 315 g/mol. The largest absolute Gasteiger partial charge is 0.503 e. The molecule has 1 atom stereocenters. The van der Waals surface area contributed by atoms with Gasteiger partial charge in [-0.1, -0.05) is 12.1 Å². The van der Waals surface area contributed by atoms with Crippen molar-refractivity contribution in [3.63, 3.8) is 0 Å². The second-order valence-electron chi connectivity index (χ2n) is 5.29. The predicted octanol–water partition coefficient (Wildman–Crippen LogP) is 2.90. The maximum Gasteiger partial charge on any atom is 0.290 e. The van der Waals surface area contributed by atoms with Crippen molar-refractivity contribution in [2.45, 2.75) is 19.5 Å². The molecule has 0 unspecified atom stereocenters. The third-order valence-electron chi connectivity index (χ3n) is 3.75. The lowest BCUT2D eigenvalue weighted by Gasteiger charge is -2.25. The number of halogens is 1. The van der Waals surface area contributed by atoms with Crippen LogP contribution in [0.5, 0.6) is 0 Å². The van der Waals surface area contributed by atoms with Crippen molar-refractivity contribution in [2.24, 2.45) is 0 Å². The van der Waals surface area contributed by atoms with E-state index in [1.54, 1.807) is 18.2 Å². The SMILES string of the molecule is CC(=O)C1=C(O)C(=O)N(Cc2ccco2)[C@@H]1c1cccc(F)c1. The fraction of sp³-hybridized carbons (Fsp3) is 0.176. The number of Topliss-reactive ketones (excluding diaryl/α,β-unsaturated/α-hetero) is 1. The van der Waals surface area contributed by atoms with Crippen LogP contribution in [-0.2, 0) is 16.1 Å². The molecule has 1 N–H and O–H groups in total. The maximum absolute atomic E-state index is 13.6. The summed E-state index contributed by atoms with van der Waals surface area (Å²) in [6, 6.07) is 8.12. The predicted molar refractivity (Wildman–Crippen MR) is 78.7 cm³/mol. The van der Waals surface area contributed by atoms with Crippen LogP contribution >= 0.6 is 0 Å². The lowest BCUT2D eigenvalue weighted by Crippen LogP contribution is -2.30. The molecule has 6 heteroatoms. The highest BCUT2D eigenvalue weighted by atomic mass is 19.1. The van der Waals surface area contributed by atoms with Crippen molar-refractivity contribution in [1.82, 2.24) is 4.90 Å². The van der Waals surface area contributed by atoms with Gasteiger partial charge in [-0.15, -0.1) is 0 Å². The Hall–Kier alpha value is -2.89. The molecule has 118 valence electrons. The summed E-state index contributed by atoms with van der Waals surface area (Å²) in [6.07, 6.45) is 1.46. The van der Waals surface area contributed by atoms with Gasteiger partial charge in [0.05, 0.1) is 24.4 Å². The number of amides is 1. The molecule has 5 nitrogen and oxygen atoms in total. The van der Waals surface area contributed by atoms with Crippen molar-refractivity contribution in [1.29, 1.82) is 0 Å². The smallest absolute Gasteiger partial charge is 0.290 e. The van der Waals surface area contributed by atoms with Crippen LogP contribution in [0.25, 0.3) is 0 Å². The first-order chi connectivity index (χ1) is 11.0. The summed E-state index contributed by atoms with van der Waals surface area (Å²) in [5.41, 5.74) is 0.381. The summed E-state index contributed by atoms with van der Waals surface area (Å²) in [5, 5.41) is 10.1. The molecule has 2 heterocycles. The van der Waals surface area contributed by atoms with Crippen molar-refractivity contribution in [2.75, 3.05) is 0 Å². The van der Waals surface area contributed by atoms with Gasteiger partial charge in [0.15, 0.2) is 11.5 Å². The molecule has 1 aromatic carbocycles. The van der Waals surface area contributed by atoms with Gasteiger partial charge in [0.1, 0.15) is 11.6 Å². The fourth-order valence-corrected chi connectivity index (χ4v) is 2.77. The summed E-state index contributed by atoms with van der Waals surface area (Å²) in [7, 11) is 0. The van der Waals surface area contributed by atoms with Gasteiger partial charge in [-0.2, -0.15) is 0 Å². The minimum Gasteiger partial charge on any atom is -0.503 e. The Morgan fingerprint density at radius 1 is 1.35 bits per heavy atom. The number of carbonyl (C=O) groups is 2. The quantitative estimate of drug-likeness (QED) is 0.942. The zero-order valence-electron chi connectivity index (χ0n) is 12.3. The van der Waals surface area contributed by atoms with Crippen molar-refractivity contribution >= 4 is 11.7 Å². The van der Waals surface area contributed by atoms with E-state index in [4.69, 9.17) is 4.42 Å². The molecule has 0 fully saturated rings. The number of aliphatic hydroxyl groups is 1. The Morgan fingerprint density at radius 3 is 2.74 bits per heavy atom. The first-order valence-electron chi connectivity index (χ1n) is 7.02. The molecule has 1 amide bonds. The number of hydrogen-bond acceptors (Lipinski definition) is 4. The molecule has 0 radical (unpaired) electrons. The van der Waals surface area contributed by atoms with Gasteiger partial charge in [-0.05, 0) is 36.8 Å². The van der Waals surface area contributed by atoms with Crippen LogP contribution in [0, 0.1) is 5.82 Å². The normalized spacial score (nSPS) is 17.9. The molecule has 0 bridgehead atoms. The van der Waals surface area contributed by atoms with Gasteiger partial charge in [0.25, 0.3) is 5.91 Å². The monoisotopic (exact) mass is 315 g/mol. The number of carbonyl (C=O) groups excluding carboxylic acids is 2. The Labute approximate surface area is 131 Å². The standard InChI is InChI=1S/C17H14FNO4/c1-10(20)14-15(11-4-2-5-12(18)8-11)19(17(22)16(14)21)9-13-6-3-7-23-13/h2-8,15,21H,9H2,1H3/t15-/m1/s1. The van der Waals surface area contributed by atoms with Crippen molar-refractivity contribution in [3.8, 4) is 0 Å². The third kappa shape index (κ3) is 2.63. The van der Waals surface area contributed by atoms with E-state index in [-0.39, 0.29) is 12.1 Å². The van der Waals surface area contributed by atoms with Crippen LogP contribution in [-0.4, -0.2) is 21.7 Å². The number of rotatable bonds is 4. The van der Waals surface area contributed by atoms with Crippen LogP contribution in [0.15, 0.2) is 58.4 Å². The molecule has 3 rings (SSSR count). The lowest BCUT2D eigenvalue weighted by molar-refractivity contribution is -0.130. The Bertz CT molecular complexity index is 795.